The minimum Gasteiger partial charge on any atom is -0.871 e. The number of benzene rings is 4. The van der Waals surface area contributed by atoms with E-state index in [9.17, 15) is 36.6 Å². The minimum atomic E-state index is -3.99. The molecule has 0 fully saturated rings. The van der Waals surface area contributed by atoms with Crippen LogP contribution in [0.15, 0.2) is 137 Å². The third kappa shape index (κ3) is 11.1. The monoisotopic (exact) mass is 815 g/mol. The first kappa shape index (κ1) is 46.4. The Morgan fingerprint density at radius 1 is 0.564 bits per heavy atom. The van der Waals surface area contributed by atoms with Gasteiger partial charge in [0.2, 0.25) is 20.0 Å². The fraction of sp³-hybridized carbons (Fsp3) is 0.0625. The molecule has 0 saturated carbocycles. The van der Waals surface area contributed by atoms with Crippen LogP contribution in [0.25, 0.3) is 11.4 Å². The van der Waals surface area contributed by atoms with Crippen LogP contribution in [0.3, 0.4) is 0 Å². The van der Waals surface area contributed by atoms with E-state index in [0.29, 0.717) is 22.8 Å². The van der Waals surface area contributed by atoms with Gasteiger partial charge in [0.25, 0.3) is 11.1 Å². The van der Waals surface area contributed by atoms with Crippen LogP contribution in [-0.2, 0) is 36.8 Å². The predicted octanol–water partition coefficient (Wildman–Crippen LogP) is -3.52. The number of aromatic nitrogens is 4. The second kappa shape index (κ2) is 19.2. The zero-order chi connectivity index (χ0) is 37.8. The molecular formula is C32H26CoLi2N10O8S2. The van der Waals surface area contributed by atoms with Crippen molar-refractivity contribution in [1.82, 2.24) is 19.6 Å². The summed E-state index contributed by atoms with van der Waals surface area (Å²) < 4.78 is 47.9. The summed E-state index contributed by atoms with van der Waals surface area (Å²) >= 11 is 0. The van der Waals surface area contributed by atoms with Gasteiger partial charge in [0.15, 0.2) is 0 Å². The summed E-state index contributed by atoms with van der Waals surface area (Å²) in [7, 11) is -7.98. The summed E-state index contributed by atoms with van der Waals surface area (Å²) in [6.45, 7) is 3.15. The molecule has 0 spiro atoms. The largest absolute Gasteiger partial charge is 2.00 e. The maximum absolute atomic E-state index is 12.5. The van der Waals surface area contributed by atoms with Crippen molar-refractivity contribution in [2.24, 2.45) is 30.7 Å². The normalized spacial score (nSPS) is 11.3. The molecule has 0 bridgehead atoms. The summed E-state index contributed by atoms with van der Waals surface area (Å²) in [6, 6.07) is 23.7. The zero-order valence-corrected chi connectivity index (χ0v) is 32.1. The summed E-state index contributed by atoms with van der Waals surface area (Å²) in [6.07, 6.45) is 0. The Morgan fingerprint density at radius 3 is 1.20 bits per heavy atom. The SMILES string of the molecule is Cc1[n-]n(-c2ccccc2)c(=O)c1N=Nc1cc(S(N)(=O)=O)ccc1[O-].Cc1[n-]n(-c2ccccc2)c(=O)c1N=Nc1cc(S(N)(=O)=O)ccc1[O-].[Co+2].[Li+].[Li+]. The second-order valence-corrected chi connectivity index (χ2v) is 13.8. The van der Waals surface area contributed by atoms with Crippen LogP contribution in [0.1, 0.15) is 11.4 Å². The van der Waals surface area contributed by atoms with Gasteiger partial charge < -0.3 is 29.8 Å². The number of nitrogens with zero attached hydrogens (tertiary/aromatic N) is 8. The van der Waals surface area contributed by atoms with Gasteiger partial charge >= 0.3 is 54.5 Å². The molecule has 0 amide bonds. The van der Waals surface area contributed by atoms with Crippen LogP contribution >= 0.6 is 0 Å². The first-order chi connectivity index (χ1) is 24.5. The van der Waals surface area contributed by atoms with Gasteiger partial charge in [-0.3, -0.25) is 9.59 Å². The Kier molecular flexibility index (Phi) is 16.2. The number of para-hydroxylation sites is 2. The molecule has 0 saturated heterocycles. The predicted molar refractivity (Wildman–Crippen MR) is 183 cm³/mol. The molecule has 0 aliphatic rings. The Hall–Kier alpha value is -4.78. The van der Waals surface area contributed by atoms with Crippen molar-refractivity contribution in [3.63, 3.8) is 0 Å². The van der Waals surface area contributed by atoms with Crippen LogP contribution in [-0.4, -0.2) is 26.2 Å². The average Bonchev–Trinajstić information content (AvgIpc) is 3.56. The Labute approximate surface area is 348 Å². The Morgan fingerprint density at radius 2 is 0.891 bits per heavy atom. The van der Waals surface area contributed by atoms with Crippen LogP contribution < -0.4 is 79.5 Å². The van der Waals surface area contributed by atoms with Gasteiger partial charge in [-0.1, -0.05) is 73.9 Å². The fourth-order valence-corrected chi connectivity index (χ4v) is 5.49. The van der Waals surface area contributed by atoms with Gasteiger partial charge in [-0.15, -0.1) is 21.6 Å². The van der Waals surface area contributed by atoms with Crippen molar-refractivity contribution in [2.75, 3.05) is 0 Å². The minimum absolute atomic E-state index is 0. The quantitative estimate of drug-likeness (QED) is 0.113. The Bertz CT molecular complexity index is 2500. The van der Waals surface area contributed by atoms with E-state index in [2.05, 4.69) is 30.7 Å². The molecule has 6 aromatic rings. The molecule has 2 aromatic heterocycles. The van der Waals surface area contributed by atoms with Crippen molar-refractivity contribution in [3.05, 3.63) is 129 Å². The molecule has 0 aliphatic heterocycles. The van der Waals surface area contributed by atoms with E-state index in [1.54, 1.807) is 74.5 Å². The summed E-state index contributed by atoms with van der Waals surface area (Å²) in [5.41, 5.74) is 0.148. The van der Waals surface area contributed by atoms with Crippen LogP contribution in [0.5, 0.6) is 11.5 Å². The van der Waals surface area contributed by atoms with E-state index >= 15 is 0 Å². The van der Waals surface area contributed by atoms with E-state index in [1.165, 1.54) is 9.36 Å². The smallest absolute Gasteiger partial charge is 0.871 e. The summed E-state index contributed by atoms with van der Waals surface area (Å²) in [4.78, 5) is 24.4. The van der Waals surface area contributed by atoms with E-state index < -0.39 is 42.7 Å². The molecule has 2 heterocycles. The zero-order valence-electron chi connectivity index (χ0n) is 29.4. The molecular weight excluding hydrogens is 789 g/mol. The van der Waals surface area contributed by atoms with Crippen molar-refractivity contribution < 1.29 is 81.5 Å². The van der Waals surface area contributed by atoms with Crippen molar-refractivity contribution in [2.45, 2.75) is 23.6 Å². The summed E-state index contributed by atoms with van der Waals surface area (Å²) in [5.74, 6) is -1.11. The number of azo groups is 2. The third-order valence-electron chi connectivity index (χ3n) is 7.01. The van der Waals surface area contributed by atoms with Gasteiger partial charge in [0.05, 0.1) is 21.2 Å². The summed E-state index contributed by atoms with van der Waals surface area (Å²) in [5, 5.41) is 57.0. The first-order valence-corrected chi connectivity index (χ1v) is 17.8. The number of nitrogens with two attached hydrogens (primary N) is 2. The molecule has 4 N–H and O–H groups in total. The van der Waals surface area contributed by atoms with Gasteiger partial charge in [0, 0.05) is 11.4 Å². The molecule has 0 atom stereocenters. The number of hydrogen-bond acceptors (Lipinski definition) is 12. The second-order valence-electron chi connectivity index (χ2n) is 10.7. The van der Waals surface area contributed by atoms with Crippen LogP contribution in [0.2, 0.25) is 0 Å². The maximum Gasteiger partial charge on any atom is 2.00 e. The van der Waals surface area contributed by atoms with Crippen molar-refractivity contribution in [3.8, 4) is 22.9 Å². The van der Waals surface area contributed by atoms with Crippen molar-refractivity contribution in [1.29, 1.82) is 0 Å². The third-order valence-corrected chi connectivity index (χ3v) is 8.83. The molecule has 275 valence electrons. The van der Waals surface area contributed by atoms with E-state index in [0.717, 1.165) is 36.4 Å². The van der Waals surface area contributed by atoms with Crippen LogP contribution in [0, 0.1) is 13.8 Å². The van der Waals surface area contributed by atoms with Gasteiger partial charge in [0.1, 0.15) is 11.4 Å². The average molecular weight is 816 g/mol. The molecule has 0 aliphatic carbocycles. The molecule has 55 heavy (non-hydrogen) atoms. The molecule has 6 rings (SSSR count). The van der Waals surface area contributed by atoms with Gasteiger partial charge in [-0.2, -0.15) is 10.2 Å². The molecule has 18 nitrogen and oxygen atoms in total. The van der Waals surface area contributed by atoms with Crippen molar-refractivity contribution >= 4 is 42.8 Å². The molecule has 23 heteroatoms. The Balaban J connectivity index is 0.000000360. The number of primary sulfonamides is 2. The molecule has 0 unspecified atom stereocenters. The molecule has 1 radical (unpaired) electrons. The first-order valence-electron chi connectivity index (χ1n) is 14.7. The van der Waals surface area contributed by atoms with Crippen LogP contribution in [0.4, 0.5) is 22.7 Å². The van der Waals surface area contributed by atoms with E-state index in [1.807, 2.05) is 0 Å². The van der Waals surface area contributed by atoms with Gasteiger partial charge in [-0.05, 0) is 48.5 Å². The fourth-order valence-electron chi connectivity index (χ4n) is 4.43. The number of rotatable bonds is 8. The maximum atomic E-state index is 12.5. The van der Waals surface area contributed by atoms with E-state index in [4.69, 9.17) is 10.3 Å². The standard InChI is InChI=1S/2C16H15N5O4S.Co.2Li/c2*1-10-15(16(23)21(20-10)11-5-3-2-4-6-11)19-18-13-9-12(26(17,24)25)7-8-14(13)22;;;/h2*2-9H,1H3,(H4,17,18,19,20,22,23,24,25);;;/q;;+2;2*+1/p-4. The van der Waals surface area contributed by atoms with Gasteiger partial charge in [-0.25, -0.2) is 27.1 Å². The molecule has 4 aromatic carbocycles. The number of aryl methyl sites for hydroxylation is 2. The number of sulfonamides is 2. The topological polar surface area (TPSA) is 288 Å². The van der Waals surface area contributed by atoms with E-state index in [-0.39, 0.29) is 87.0 Å². The number of hydrogen-bond donors (Lipinski definition) is 2.